The Morgan fingerprint density at radius 3 is 2.46 bits per heavy atom. The van der Waals surface area contributed by atoms with Gasteiger partial charge in [0.1, 0.15) is 11.6 Å². The molecular weight excluding hydrogens is 538 g/mol. The molecule has 0 radical (unpaired) electrons. The van der Waals surface area contributed by atoms with Gasteiger partial charge in [-0.15, -0.1) is 0 Å². The Morgan fingerprint density at radius 1 is 1.05 bits per heavy atom. The number of hydrogen-bond donors (Lipinski definition) is 0. The molecule has 3 heterocycles. The smallest absolute Gasteiger partial charge is 0.319 e. The summed E-state index contributed by atoms with van der Waals surface area (Å²) in [6.07, 6.45) is 4.78. The first-order chi connectivity index (χ1) is 19.7. The average molecular weight is 578 g/mol. The van der Waals surface area contributed by atoms with Crippen LogP contribution in [0.2, 0.25) is 0 Å². The van der Waals surface area contributed by atoms with Gasteiger partial charge in [-0.3, -0.25) is 4.90 Å². The van der Waals surface area contributed by atoms with Gasteiger partial charge in [0, 0.05) is 31.9 Å². The summed E-state index contributed by atoms with van der Waals surface area (Å²) in [5.41, 5.74) is 5.41. The fourth-order valence-corrected chi connectivity index (χ4v) is 8.21. The van der Waals surface area contributed by atoms with Crippen molar-refractivity contribution < 1.29 is 17.9 Å². The van der Waals surface area contributed by atoms with Crippen molar-refractivity contribution in [2.45, 2.75) is 76.7 Å². The normalized spacial score (nSPS) is 18.1. The first kappa shape index (κ1) is 27.9. The topological polar surface area (TPSA) is 88.1 Å². The van der Waals surface area contributed by atoms with Crippen LogP contribution in [0, 0.1) is 13.8 Å². The van der Waals surface area contributed by atoms with Crippen LogP contribution < -0.4 is 14.4 Å². The van der Waals surface area contributed by atoms with E-state index in [-0.39, 0.29) is 12.1 Å². The van der Waals surface area contributed by atoms with Crippen molar-refractivity contribution in [1.82, 2.24) is 19.2 Å². The third-order valence-electron chi connectivity index (χ3n) is 8.33. The van der Waals surface area contributed by atoms with E-state index in [2.05, 4.69) is 33.0 Å². The molecule has 6 rings (SSSR count). The molecule has 1 aromatic heterocycles. The van der Waals surface area contributed by atoms with E-state index in [1.165, 1.54) is 40.5 Å². The number of likely N-dealkylation sites (tertiary alicyclic amines) is 1. The maximum atomic E-state index is 14.0. The second kappa shape index (κ2) is 11.2. The Labute approximate surface area is 243 Å². The zero-order chi connectivity index (χ0) is 28.7. The molecule has 0 amide bonds. The zero-order valence-electron chi connectivity index (χ0n) is 24.3. The van der Waals surface area contributed by atoms with Gasteiger partial charge in [-0.05, 0) is 106 Å². The summed E-state index contributed by atoms with van der Waals surface area (Å²) in [6.45, 7) is 10.4. The molecule has 1 atom stereocenters. The van der Waals surface area contributed by atoms with Crippen molar-refractivity contribution in [2.24, 2.45) is 0 Å². The molecule has 9 nitrogen and oxygen atoms in total. The lowest BCUT2D eigenvalue weighted by atomic mass is 9.96. The Kier molecular flexibility index (Phi) is 7.65. The third kappa shape index (κ3) is 5.78. The molecule has 0 N–H and O–H groups in total. The largest absolute Gasteiger partial charge is 0.497 e. The summed E-state index contributed by atoms with van der Waals surface area (Å²) in [6, 6.07) is 12.3. The molecule has 1 saturated heterocycles. The fraction of sp³-hybridized carbons (Fsp3) is 0.484. The second-order valence-electron chi connectivity index (χ2n) is 11.5. The highest BCUT2D eigenvalue weighted by Crippen LogP contribution is 2.37. The SMILES string of the molecule is COc1cc(C)c(S(=O)(=O)N(C2CC2)C(C)Oc2nccc(N3CCc4cc(CN5CCC5)ccc4C3)n2)c(C)c1. The van der Waals surface area contributed by atoms with Crippen molar-refractivity contribution >= 4 is 15.8 Å². The molecule has 3 aliphatic rings. The second-order valence-corrected chi connectivity index (χ2v) is 13.3. The van der Waals surface area contributed by atoms with Gasteiger partial charge >= 0.3 is 6.01 Å². The number of rotatable bonds is 10. The Hall–Kier alpha value is -3.21. The lowest BCUT2D eigenvalue weighted by Crippen LogP contribution is -2.44. The first-order valence-electron chi connectivity index (χ1n) is 14.5. The summed E-state index contributed by atoms with van der Waals surface area (Å²) >= 11 is 0. The lowest BCUT2D eigenvalue weighted by molar-refractivity contribution is 0.0889. The number of methoxy groups -OCH3 is 1. The van der Waals surface area contributed by atoms with Gasteiger partial charge in [-0.1, -0.05) is 18.2 Å². The average Bonchev–Trinajstić information content (AvgIpc) is 3.74. The minimum Gasteiger partial charge on any atom is -0.497 e. The standard InChI is InChI=1S/C31H39N5O4S/c1-21-16-28(39-4)17-22(2)30(21)41(37,38)36(27-8-9-27)23(3)40-31-32-12-10-29(33-31)35-15-11-25-18-24(6-7-26(25)20-35)19-34-13-5-14-34/h6-7,10,12,16-18,23,27H,5,8-9,11,13-15,19-20H2,1-4H3. The Bertz CT molecular complexity index is 1510. The molecule has 10 heteroatoms. The van der Waals surface area contributed by atoms with Gasteiger partial charge in [0.25, 0.3) is 0 Å². The van der Waals surface area contributed by atoms with Crippen molar-refractivity contribution in [3.05, 3.63) is 70.4 Å². The molecule has 2 fully saturated rings. The maximum absolute atomic E-state index is 14.0. The quantitative estimate of drug-likeness (QED) is 0.327. The molecule has 218 valence electrons. The molecule has 0 bridgehead atoms. The van der Waals surface area contributed by atoms with Crippen LogP contribution in [0.1, 0.15) is 54.0 Å². The van der Waals surface area contributed by atoms with Crippen LogP contribution in [0.3, 0.4) is 0 Å². The highest BCUT2D eigenvalue weighted by molar-refractivity contribution is 7.89. The van der Waals surface area contributed by atoms with E-state index >= 15 is 0 Å². The number of fused-ring (bicyclic) bond motifs is 1. The minimum atomic E-state index is -3.83. The van der Waals surface area contributed by atoms with Gasteiger partial charge in [0.15, 0.2) is 6.23 Å². The summed E-state index contributed by atoms with van der Waals surface area (Å²) < 4.78 is 40.9. The number of aryl methyl sites for hydroxylation is 2. The van der Waals surface area contributed by atoms with Gasteiger partial charge in [-0.25, -0.2) is 13.4 Å². The molecule has 3 aromatic rings. The van der Waals surface area contributed by atoms with E-state index in [0.717, 1.165) is 44.7 Å². The van der Waals surface area contributed by atoms with Crippen LogP contribution in [0.5, 0.6) is 11.8 Å². The monoisotopic (exact) mass is 577 g/mol. The van der Waals surface area contributed by atoms with E-state index in [9.17, 15) is 8.42 Å². The minimum absolute atomic E-state index is 0.108. The van der Waals surface area contributed by atoms with E-state index in [1.807, 2.05) is 6.07 Å². The lowest BCUT2D eigenvalue weighted by Gasteiger charge is -2.33. The predicted octanol–water partition coefficient (Wildman–Crippen LogP) is 4.45. The number of ether oxygens (including phenoxy) is 2. The van der Waals surface area contributed by atoms with Crippen molar-refractivity contribution in [3.8, 4) is 11.8 Å². The maximum Gasteiger partial charge on any atom is 0.319 e. The molecule has 1 aliphatic carbocycles. The van der Waals surface area contributed by atoms with Crippen LogP contribution in [-0.2, 0) is 29.5 Å². The Morgan fingerprint density at radius 2 is 1.80 bits per heavy atom. The molecule has 1 saturated carbocycles. The van der Waals surface area contributed by atoms with Crippen molar-refractivity contribution in [3.63, 3.8) is 0 Å². The van der Waals surface area contributed by atoms with E-state index < -0.39 is 16.3 Å². The van der Waals surface area contributed by atoms with Gasteiger partial charge < -0.3 is 14.4 Å². The highest BCUT2D eigenvalue weighted by atomic mass is 32.2. The fourth-order valence-electron chi connectivity index (χ4n) is 6.03. The van der Waals surface area contributed by atoms with E-state index in [4.69, 9.17) is 14.5 Å². The number of sulfonamides is 1. The van der Waals surface area contributed by atoms with E-state index in [0.29, 0.717) is 21.8 Å². The summed E-state index contributed by atoms with van der Waals surface area (Å²) in [4.78, 5) is 14.1. The molecule has 41 heavy (non-hydrogen) atoms. The van der Waals surface area contributed by atoms with Crippen LogP contribution in [0.4, 0.5) is 5.82 Å². The molecule has 2 aliphatic heterocycles. The van der Waals surface area contributed by atoms with Gasteiger partial charge in [0.05, 0.1) is 12.0 Å². The number of hydrogen-bond acceptors (Lipinski definition) is 8. The molecule has 0 spiro atoms. The number of benzene rings is 2. The van der Waals surface area contributed by atoms with Crippen molar-refractivity contribution in [2.75, 3.05) is 31.6 Å². The number of nitrogens with zero attached hydrogens (tertiary/aromatic N) is 5. The first-order valence-corrected chi connectivity index (χ1v) is 15.9. The molecular formula is C31H39N5O4S. The summed E-state index contributed by atoms with van der Waals surface area (Å²) in [7, 11) is -2.25. The van der Waals surface area contributed by atoms with Gasteiger partial charge in [0.2, 0.25) is 10.0 Å². The van der Waals surface area contributed by atoms with Crippen LogP contribution in [0.15, 0.2) is 47.5 Å². The zero-order valence-corrected chi connectivity index (χ0v) is 25.2. The Balaban J connectivity index is 1.18. The van der Waals surface area contributed by atoms with E-state index in [1.54, 1.807) is 46.2 Å². The van der Waals surface area contributed by atoms with Crippen LogP contribution >= 0.6 is 0 Å². The van der Waals surface area contributed by atoms with Crippen LogP contribution in [0.25, 0.3) is 0 Å². The molecule has 1 unspecified atom stereocenters. The highest BCUT2D eigenvalue weighted by Gasteiger charge is 2.43. The summed E-state index contributed by atoms with van der Waals surface area (Å²) in [5, 5.41) is 0. The van der Waals surface area contributed by atoms with Crippen LogP contribution in [-0.4, -0.2) is 66.6 Å². The number of anilines is 1. The predicted molar refractivity (Wildman–Crippen MR) is 158 cm³/mol. The van der Waals surface area contributed by atoms with Gasteiger partial charge in [-0.2, -0.15) is 9.29 Å². The van der Waals surface area contributed by atoms with Crippen molar-refractivity contribution in [1.29, 1.82) is 0 Å². The third-order valence-corrected chi connectivity index (χ3v) is 10.6. The summed E-state index contributed by atoms with van der Waals surface area (Å²) in [5.74, 6) is 1.42. The molecule has 2 aromatic carbocycles. The number of aromatic nitrogens is 2.